The lowest BCUT2D eigenvalue weighted by atomic mass is 10.1. The van der Waals surface area contributed by atoms with Crippen LogP contribution in [0.1, 0.15) is 42.3 Å². The van der Waals surface area contributed by atoms with Gasteiger partial charge in [0.05, 0.1) is 5.69 Å². The predicted molar refractivity (Wildman–Crippen MR) is 120 cm³/mol. The number of hydrogen-bond acceptors (Lipinski definition) is 4. The Kier molecular flexibility index (Phi) is 7.04. The number of rotatable bonds is 7. The minimum atomic E-state index is -0.0250. The number of aryl methyl sites for hydroxylation is 1. The zero-order valence-corrected chi connectivity index (χ0v) is 18.2. The third-order valence-corrected chi connectivity index (χ3v) is 5.94. The van der Waals surface area contributed by atoms with Crippen molar-refractivity contribution in [3.05, 3.63) is 77.4 Å². The van der Waals surface area contributed by atoms with Gasteiger partial charge in [-0.3, -0.25) is 4.79 Å². The van der Waals surface area contributed by atoms with E-state index in [9.17, 15) is 4.79 Å². The summed E-state index contributed by atoms with van der Waals surface area (Å²) in [7, 11) is 0. The van der Waals surface area contributed by atoms with E-state index < -0.39 is 0 Å². The Morgan fingerprint density at radius 3 is 2.21 bits per heavy atom. The van der Waals surface area contributed by atoms with Gasteiger partial charge in [-0.05, 0) is 49.6 Å². The first kappa shape index (κ1) is 21.1. The molecule has 0 aliphatic heterocycles. The highest BCUT2D eigenvalue weighted by atomic mass is 32.2. The number of nitrogens with one attached hydrogen (secondary N) is 1. The number of aromatic nitrogens is 2. The quantitative estimate of drug-likeness (QED) is 0.526. The van der Waals surface area contributed by atoms with Crippen LogP contribution in [0.15, 0.2) is 65.7 Å². The van der Waals surface area contributed by atoms with Crippen molar-refractivity contribution >= 4 is 17.7 Å². The standard InChI is InChI=1S/C24H27N3OS/c1-16(2)18(4)25-24(28)21-11-7-19(8-12-21)15-29-23-14-13-22(26-27-23)20-9-5-17(3)6-10-20/h5-14,16,18H,15H2,1-4H3,(H,25,28)/t18-/m1/s1. The molecule has 150 valence electrons. The number of benzene rings is 2. The normalized spacial score (nSPS) is 12.0. The van der Waals surface area contributed by atoms with Gasteiger partial charge >= 0.3 is 0 Å². The lowest BCUT2D eigenvalue weighted by Crippen LogP contribution is -2.36. The van der Waals surface area contributed by atoms with E-state index in [-0.39, 0.29) is 11.9 Å². The Balaban J connectivity index is 1.56. The molecule has 0 aliphatic rings. The molecule has 1 amide bonds. The van der Waals surface area contributed by atoms with Crippen molar-refractivity contribution in [1.29, 1.82) is 0 Å². The van der Waals surface area contributed by atoms with E-state index in [1.165, 1.54) is 5.56 Å². The molecule has 2 aromatic carbocycles. The molecule has 0 saturated carbocycles. The zero-order valence-electron chi connectivity index (χ0n) is 17.3. The maximum Gasteiger partial charge on any atom is 0.251 e. The third kappa shape index (κ3) is 5.91. The molecule has 3 rings (SSSR count). The molecule has 1 atom stereocenters. The van der Waals surface area contributed by atoms with Crippen LogP contribution in [-0.2, 0) is 5.75 Å². The minimum absolute atomic E-state index is 0.0250. The second-order valence-corrected chi connectivity index (χ2v) is 8.61. The zero-order chi connectivity index (χ0) is 20.8. The van der Waals surface area contributed by atoms with Gasteiger partial charge < -0.3 is 5.32 Å². The van der Waals surface area contributed by atoms with Crippen LogP contribution in [0.3, 0.4) is 0 Å². The molecule has 1 N–H and O–H groups in total. The predicted octanol–water partition coefficient (Wildman–Crippen LogP) is 5.52. The molecule has 0 radical (unpaired) electrons. The van der Waals surface area contributed by atoms with Crippen LogP contribution in [0.4, 0.5) is 0 Å². The van der Waals surface area contributed by atoms with Crippen molar-refractivity contribution in [2.75, 3.05) is 0 Å². The molecule has 0 unspecified atom stereocenters. The first-order chi connectivity index (χ1) is 13.9. The van der Waals surface area contributed by atoms with E-state index in [1.54, 1.807) is 11.8 Å². The lowest BCUT2D eigenvalue weighted by molar-refractivity contribution is 0.0930. The van der Waals surface area contributed by atoms with E-state index in [0.717, 1.165) is 27.6 Å². The van der Waals surface area contributed by atoms with E-state index in [4.69, 9.17) is 0 Å². The Morgan fingerprint density at radius 1 is 0.931 bits per heavy atom. The van der Waals surface area contributed by atoms with Crippen molar-refractivity contribution < 1.29 is 4.79 Å². The molecule has 1 aromatic heterocycles. The average Bonchev–Trinajstić information content (AvgIpc) is 2.73. The highest BCUT2D eigenvalue weighted by Crippen LogP contribution is 2.23. The van der Waals surface area contributed by atoms with E-state index in [0.29, 0.717) is 11.5 Å². The Bertz CT molecular complexity index is 935. The summed E-state index contributed by atoms with van der Waals surface area (Å²) in [6.07, 6.45) is 0. The van der Waals surface area contributed by atoms with Gasteiger partial charge in [0.25, 0.3) is 5.91 Å². The molecular formula is C24H27N3OS. The van der Waals surface area contributed by atoms with Gasteiger partial charge in [-0.25, -0.2) is 0 Å². The first-order valence-corrected chi connectivity index (χ1v) is 10.8. The Labute approximate surface area is 177 Å². The summed E-state index contributed by atoms with van der Waals surface area (Å²) >= 11 is 1.63. The maximum atomic E-state index is 12.3. The lowest BCUT2D eigenvalue weighted by Gasteiger charge is -2.17. The smallest absolute Gasteiger partial charge is 0.251 e. The van der Waals surface area contributed by atoms with Crippen LogP contribution in [0.5, 0.6) is 0 Å². The van der Waals surface area contributed by atoms with Crippen molar-refractivity contribution in [2.24, 2.45) is 5.92 Å². The molecular weight excluding hydrogens is 378 g/mol. The van der Waals surface area contributed by atoms with E-state index in [2.05, 4.69) is 60.6 Å². The van der Waals surface area contributed by atoms with Gasteiger partial charge in [0.15, 0.2) is 0 Å². The van der Waals surface area contributed by atoms with E-state index >= 15 is 0 Å². The molecule has 0 saturated heterocycles. The summed E-state index contributed by atoms with van der Waals surface area (Å²) in [5, 5.41) is 12.6. The number of thioether (sulfide) groups is 1. The molecule has 0 spiro atoms. The average molecular weight is 406 g/mol. The minimum Gasteiger partial charge on any atom is -0.349 e. The fourth-order valence-corrected chi connectivity index (χ4v) is 3.41. The topological polar surface area (TPSA) is 54.9 Å². The number of carbonyl (C=O) groups excluding carboxylic acids is 1. The van der Waals surface area contributed by atoms with Crippen LogP contribution >= 0.6 is 11.8 Å². The SMILES string of the molecule is Cc1ccc(-c2ccc(SCc3ccc(C(=O)N[C@H](C)C(C)C)cc3)nn2)cc1. The molecule has 3 aromatic rings. The fourth-order valence-electron chi connectivity index (χ4n) is 2.64. The second-order valence-electron chi connectivity index (χ2n) is 7.61. The van der Waals surface area contributed by atoms with Gasteiger partial charge in [0.1, 0.15) is 5.03 Å². The van der Waals surface area contributed by atoms with E-state index in [1.807, 2.05) is 43.3 Å². The Hall–Kier alpha value is -2.66. The molecule has 1 heterocycles. The molecule has 0 aliphatic carbocycles. The molecule has 0 bridgehead atoms. The number of amides is 1. The number of hydrogen-bond donors (Lipinski definition) is 1. The summed E-state index contributed by atoms with van der Waals surface area (Å²) < 4.78 is 0. The largest absolute Gasteiger partial charge is 0.349 e. The summed E-state index contributed by atoms with van der Waals surface area (Å²) in [6.45, 7) is 8.29. The monoisotopic (exact) mass is 405 g/mol. The highest BCUT2D eigenvalue weighted by molar-refractivity contribution is 7.98. The summed E-state index contributed by atoms with van der Waals surface area (Å²) in [4.78, 5) is 12.3. The second kappa shape index (κ2) is 9.70. The molecule has 4 nitrogen and oxygen atoms in total. The summed E-state index contributed by atoms with van der Waals surface area (Å²) in [6, 6.07) is 20.2. The van der Waals surface area contributed by atoms with Gasteiger partial charge in [-0.1, -0.05) is 67.6 Å². The van der Waals surface area contributed by atoms with Crippen molar-refractivity contribution in [2.45, 2.75) is 44.5 Å². The number of carbonyl (C=O) groups is 1. The van der Waals surface area contributed by atoms with Crippen LogP contribution in [0.2, 0.25) is 0 Å². The van der Waals surface area contributed by atoms with Gasteiger partial charge in [-0.15, -0.1) is 10.2 Å². The van der Waals surface area contributed by atoms with Gasteiger partial charge in [0.2, 0.25) is 0 Å². The van der Waals surface area contributed by atoms with Gasteiger partial charge in [-0.2, -0.15) is 0 Å². The highest BCUT2D eigenvalue weighted by Gasteiger charge is 2.12. The summed E-state index contributed by atoms with van der Waals surface area (Å²) in [5.74, 6) is 1.17. The molecule has 29 heavy (non-hydrogen) atoms. The third-order valence-electron chi connectivity index (χ3n) is 4.95. The van der Waals surface area contributed by atoms with Crippen LogP contribution in [0, 0.1) is 12.8 Å². The van der Waals surface area contributed by atoms with Crippen LogP contribution < -0.4 is 5.32 Å². The Morgan fingerprint density at radius 2 is 1.62 bits per heavy atom. The maximum absolute atomic E-state index is 12.3. The molecule has 5 heteroatoms. The summed E-state index contributed by atoms with van der Waals surface area (Å²) in [5.41, 5.74) is 5.01. The van der Waals surface area contributed by atoms with Gasteiger partial charge in [0, 0.05) is 22.9 Å². The van der Waals surface area contributed by atoms with Crippen LogP contribution in [0.25, 0.3) is 11.3 Å². The molecule has 0 fully saturated rings. The first-order valence-electron chi connectivity index (χ1n) is 9.86. The van der Waals surface area contributed by atoms with Crippen LogP contribution in [-0.4, -0.2) is 22.1 Å². The number of nitrogens with zero attached hydrogens (tertiary/aromatic N) is 2. The fraction of sp³-hybridized carbons (Fsp3) is 0.292. The van der Waals surface area contributed by atoms with Crippen molar-refractivity contribution in [3.63, 3.8) is 0 Å². The van der Waals surface area contributed by atoms with Crippen molar-refractivity contribution in [1.82, 2.24) is 15.5 Å². The van der Waals surface area contributed by atoms with Crippen molar-refractivity contribution in [3.8, 4) is 11.3 Å².